The van der Waals surface area contributed by atoms with Crippen molar-refractivity contribution in [2.45, 2.75) is 25.6 Å². The molecule has 0 aliphatic rings. The normalized spacial score (nSPS) is 13.2. The Morgan fingerprint density at radius 1 is 1.03 bits per heavy atom. The van der Waals surface area contributed by atoms with Gasteiger partial charge in [0.25, 0.3) is 0 Å². The lowest BCUT2D eigenvalue weighted by Gasteiger charge is -2.33. The van der Waals surface area contributed by atoms with Crippen LogP contribution in [0.5, 0.6) is 5.75 Å². The van der Waals surface area contributed by atoms with Gasteiger partial charge in [-0.2, -0.15) is 0 Å². The highest BCUT2D eigenvalue weighted by molar-refractivity contribution is 6.33. The fraction of sp³-hybridized carbons (Fsp3) is 0.250. The van der Waals surface area contributed by atoms with Gasteiger partial charge in [0.1, 0.15) is 11.6 Å². The minimum atomic E-state index is -0.301. The SMILES string of the molecule is C[C@H](CO)N(Cc1ccccc1)C[C@H](Nc1ccc(O)cc1Cl)c1ccc(F)cc1. The molecule has 0 fully saturated rings. The Balaban J connectivity index is 1.89. The predicted molar refractivity (Wildman–Crippen MR) is 119 cm³/mol. The van der Waals surface area contributed by atoms with E-state index in [2.05, 4.69) is 10.2 Å². The van der Waals surface area contributed by atoms with Gasteiger partial charge < -0.3 is 15.5 Å². The number of aliphatic hydroxyl groups excluding tert-OH is 1. The smallest absolute Gasteiger partial charge is 0.123 e. The molecule has 0 saturated carbocycles. The molecule has 3 aromatic carbocycles. The quantitative estimate of drug-likeness (QED) is 0.409. The fourth-order valence-electron chi connectivity index (χ4n) is 3.31. The van der Waals surface area contributed by atoms with E-state index in [1.807, 2.05) is 37.3 Å². The van der Waals surface area contributed by atoms with Crippen LogP contribution in [0.4, 0.5) is 10.1 Å². The van der Waals surface area contributed by atoms with Crippen molar-refractivity contribution in [2.24, 2.45) is 0 Å². The molecule has 158 valence electrons. The number of phenols is 1. The summed E-state index contributed by atoms with van der Waals surface area (Å²) in [7, 11) is 0. The van der Waals surface area contributed by atoms with Crippen molar-refractivity contribution in [3.8, 4) is 5.75 Å². The lowest BCUT2D eigenvalue weighted by Crippen LogP contribution is -2.39. The Morgan fingerprint density at radius 3 is 2.37 bits per heavy atom. The van der Waals surface area contributed by atoms with Gasteiger partial charge in [-0.3, -0.25) is 4.90 Å². The van der Waals surface area contributed by atoms with Gasteiger partial charge in [0.15, 0.2) is 0 Å². The molecular formula is C24H26ClFN2O2. The van der Waals surface area contributed by atoms with E-state index in [0.717, 1.165) is 11.1 Å². The number of aliphatic hydroxyl groups is 1. The molecule has 30 heavy (non-hydrogen) atoms. The molecule has 0 heterocycles. The summed E-state index contributed by atoms with van der Waals surface area (Å²) in [5.41, 5.74) is 2.70. The van der Waals surface area contributed by atoms with E-state index in [1.54, 1.807) is 24.3 Å². The standard InChI is InChI=1S/C24H26ClFN2O2/c1-17(16-29)28(14-18-5-3-2-4-6-18)15-24(19-7-9-20(26)10-8-19)27-23-12-11-21(30)13-22(23)25/h2-13,17,24,27,29-30H,14-16H2,1H3/t17-,24+/m1/s1. The molecule has 0 aliphatic heterocycles. The molecule has 3 aromatic rings. The zero-order valence-corrected chi connectivity index (χ0v) is 17.6. The van der Waals surface area contributed by atoms with Gasteiger partial charge in [-0.1, -0.05) is 54.1 Å². The van der Waals surface area contributed by atoms with E-state index < -0.39 is 0 Å². The van der Waals surface area contributed by atoms with Crippen LogP contribution in [0.15, 0.2) is 72.8 Å². The second-order valence-electron chi connectivity index (χ2n) is 7.36. The van der Waals surface area contributed by atoms with Crippen molar-refractivity contribution in [3.63, 3.8) is 0 Å². The van der Waals surface area contributed by atoms with Crippen LogP contribution in [0.3, 0.4) is 0 Å². The molecule has 0 amide bonds. The Morgan fingerprint density at radius 2 is 1.73 bits per heavy atom. The summed E-state index contributed by atoms with van der Waals surface area (Å²) in [5.74, 6) is -0.214. The van der Waals surface area contributed by atoms with Crippen LogP contribution in [0.25, 0.3) is 0 Å². The van der Waals surface area contributed by atoms with E-state index in [9.17, 15) is 14.6 Å². The van der Waals surface area contributed by atoms with Crippen molar-refractivity contribution < 1.29 is 14.6 Å². The number of nitrogens with one attached hydrogen (secondary N) is 1. The van der Waals surface area contributed by atoms with Crippen LogP contribution in [0, 0.1) is 5.82 Å². The Labute approximate surface area is 181 Å². The number of phenolic OH excluding ortho intramolecular Hbond substituents is 1. The number of aromatic hydroxyl groups is 1. The molecular weight excluding hydrogens is 403 g/mol. The lowest BCUT2D eigenvalue weighted by atomic mass is 10.0. The second kappa shape index (κ2) is 10.4. The van der Waals surface area contributed by atoms with Crippen molar-refractivity contribution >= 4 is 17.3 Å². The minimum absolute atomic E-state index is 0.0168. The van der Waals surface area contributed by atoms with Crippen LogP contribution in [-0.2, 0) is 6.54 Å². The van der Waals surface area contributed by atoms with Gasteiger partial charge in [0.2, 0.25) is 0 Å². The van der Waals surface area contributed by atoms with E-state index in [-0.39, 0.29) is 30.3 Å². The summed E-state index contributed by atoms with van der Waals surface area (Å²) in [6.07, 6.45) is 0. The monoisotopic (exact) mass is 428 g/mol. The van der Waals surface area contributed by atoms with Gasteiger partial charge in [0.05, 0.1) is 23.4 Å². The first-order valence-electron chi connectivity index (χ1n) is 9.85. The number of benzene rings is 3. The number of anilines is 1. The van der Waals surface area contributed by atoms with Crippen LogP contribution in [0.2, 0.25) is 5.02 Å². The van der Waals surface area contributed by atoms with Gasteiger partial charge in [0, 0.05) is 25.2 Å². The minimum Gasteiger partial charge on any atom is -0.508 e. The third kappa shape index (κ3) is 5.95. The summed E-state index contributed by atoms with van der Waals surface area (Å²) in [4.78, 5) is 2.17. The first-order chi connectivity index (χ1) is 14.5. The van der Waals surface area contributed by atoms with E-state index in [4.69, 9.17) is 11.6 Å². The molecule has 0 spiro atoms. The van der Waals surface area contributed by atoms with Crippen LogP contribution in [-0.4, -0.2) is 34.3 Å². The molecule has 3 rings (SSSR count). The summed E-state index contributed by atoms with van der Waals surface area (Å²) < 4.78 is 13.5. The van der Waals surface area contributed by atoms with Crippen molar-refractivity contribution in [1.82, 2.24) is 4.90 Å². The van der Waals surface area contributed by atoms with Gasteiger partial charge in [-0.25, -0.2) is 4.39 Å². The topological polar surface area (TPSA) is 55.7 Å². The summed E-state index contributed by atoms with van der Waals surface area (Å²) in [6, 6.07) is 20.8. The average Bonchev–Trinajstić information content (AvgIpc) is 2.75. The Hall–Kier alpha value is -2.60. The predicted octanol–water partition coefficient (Wildman–Crippen LogP) is 5.22. The number of nitrogens with zero attached hydrogens (tertiary/aromatic N) is 1. The highest BCUT2D eigenvalue weighted by atomic mass is 35.5. The molecule has 4 nitrogen and oxygen atoms in total. The molecule has 0 aromatic heterocycles. The van der Waals surface area contributed by atoms with E-state index in [1.165, 1.54) is 18.2 Å². The molecule has 0 bridgehead atoms. The summed E-state index contributed by atoms with van der Waals surface area (Å²) >= 11 is 6.31. The molecule has 0 radical (unpaired) electrons. The lowest BCUT2D eigenvalue weighted by molar-refractivity contribution is 0.123. The fourth-order valence-corrected chi connectivity index (χ4v) is 3.54. The third-order valence-electron chi connectivity index (χ3n) is 5.09. The zero-order valence-electron chi connectivity index (χ0n) is 16.8. The van der Waals surface area contributed by atoms with Gasteiger partial charge in [-0.05, 0) is 42.3 Å². The highest BCUT2D eigenvalue weighted by Gasteiger charge is 2.21. The molecule has 2 atom stereocenters. The highest BCUT2D eigenvalue weighted by Crippen LogP contribution is 2.30. The first kappa shape index (κ1) is 22.1. The molecule has 3 N–H and O–H groups in total. The maximum atomic E-state index is 13.5. The maximum absolute atomic E-state index is 13.5. The van der Waals surface area contributed by atoms with Crippen LogP contribution < -0.4 is 5.32 Å². The van der Waals surface area contributed by atoms with Crippen LogP contribution >= 0.6 is 11.6 Å². The number of hydrogen-bond acceptors (Lipinski definition) is 4. The maximum Gasteiger partial charge on any atom is 0.123 e. The Kier molecular flexibility index (Phi) is 7.69. The number of rotatable bonds is 9. The Bertz CT molecular complexity index is 938. The van der Waals surface area contributed by atoms with Gasteiger partial charge >= 0.3 is 0 Å². The first-order valence-corrected chi connectivity index (χ1v) is 10.2. The van der Waals surface area contributed by atoms with Gasteiger partial charge in [-0.15, -0.1) is 0 Å². The second-order valence-corrected chi connectivity index (χ2v) is 7.77. The third-order valence-corrected chi connectivity index (χ3v) is 5.40. The largest absolute Gasteiger partial charge is 0.508 e. The summed E-state index contributed by atoms with van der Waals surface area (Å²) in [5, 5.41) is 23.3. The number of hydrogen-bond donors (Lipinski definition) is 3. The number of halogens is 2. The van der Waals surface area contributed by atoms with Crippen molar-refractivity contribution in [2.75, 3.05) is 18.5 Å². The van der Waals surface area contributed by atoms with E-state index >= 15 is 0 Å². The van der Waals surface area contributed by atoms with Crippen molar-refractivity contribution in [3.05, 3.63) is 94.8 Å². The molecule has 0 aliphatic carbocycles. The zero-order chi connectivity index (χ0) is 21.5. The average molecular weight is 429 g/mol. The molecule has 0 saturated heterocycles. The summed E-state index contributed by atoms with van der Waals surface area (Å²) in [6.45, 7) is 3.20. The molecule has 0 unspecified atom stereocenters. The van der Waals surface area contributed by atoms with Crippen LogP contribution in [0.1, 0.15) is 24.1 Å². The van der Waals surface area contributed by atoms with E-state index in [0.29, 0.717) is 23.8 Å². The molecule has 6 heteroatoms. The van der Waals surface area contributed by atoms with Crippen molar-refractivity contribution in [1.29, 1.82) is 0 Å².